The zero-order chi connectivity index (χ0) is 27.0. The quantitative estimate of drug-likeness (QED) is 0.242. The fourth-order valence-corrected chi connectivity index (χ4v) is 4.66. The molecular formula is C33H30BN3O2. The molecule has 2 heterocycles. The molecule has 0 saturated carbocycles. The summed E-state index contributed by atoms with van der Waals surface area (Å²) in [6.45, 7) is 8.28. The molecule has 0 unspecified atom stereocenters. The molecule has 1 aromatic heterocycles. The van der Waals surface area contributed by atoms with Crippen LogP contribution in [0.4, 0.5) is 0 Å². The predicted octanol–water partition coefficient (Wildman–Crippen LogP) is 6.84. The van der Waals surface area contributed by atoms with E-state index in [9.17, 15) is 0 Å². The van der Waals surface area contributed by atoms with E-state index in [1.54, 1.807) is 0 Å². The van der Waals surface area contributed by atoms with E-state index in [1.165, 1.54) is 0 Å². The van der Waals surface area contributed by atoms with Gasteiger partial charge in [-0.05, 0) is 44.3 Å². The standard InChI is InChI=1S/C33H30BN3O2/c1-32(2)33(3,4)39-34(38-32)26-21-19-23(20-22-26)27-17-11-12-18-28(27)31-36-29(24-13-7-5-8-14-24)35-30(37-31)25-15-9-6-10-16-25/h5-22H,1-4H3. The van der Waals surface area contributed by atoms with Gasteiger partial charge in [0.1, 0.15) is 0 Å². The zero-order valence-corrected chi connectivity index (χ0v) is 22.6. The van der Waals surface area contributed by atoms with Gasteiger partial charge in [-0.2, -0.15) is 0 Å². The van der Waals surface area contributed by atoms with Crippen LogP contribution in [0.15, 0.2) is 109 Å². The molecule has 0 spiro atoms. The van der Waals surface area contributed by atoms with Crippen LogP contribution in [0.25, 0.3) is 45.3 Å². The Labute approximate surface area is 230 Å². The predicted molar refractivity (Wildman–Crippen MR) is 157 cm³/mol. The Balaban J connectivity index is 1.41. The maximum Gasteiger partial charge on any atom is 0.494 e. The van der Waals surface area contributed by atoms with Crippen molar-refractivity contribution in [2.24, 2.45) is 0 Å². The van der Waals surface area contributed by atoms with E-state index < -0.39 is 7.12 Å². The maximum absolute atomic E-state index is 6.25. The molecule has 0 amide bonds. The van der Waals surface area contributed by atoms with Crippen LogP contribution < -0.4 is 5.46 Å². The summed E-state index contributed by atoms with van der Waals surface area (Å²) in [5, 5.41) is 0. The molecule has 192 valence electrons. The third-order valence-corrected chi connectivity index (χ3v) is 7.61. The molecule has 0 atom stereocenters. The monoisotopic (exact) mass is 511 g/mol. The normalized spacial score (nSPS) is 15.8. The fourth-order valence-electron chi connectivity index (χ4n) is 4.66. The van der Waals surface area contributed by atoms with Crippen molar-refractivity contribution in [3.8, 4) is 45.3 Å². The molecule has 1 aliphatic heterocycles. The molecule has 0 bridgehead atoms. The van der Waals surface area contributed by atoms with Crippen molar-refractivity contribution in [2.45, 2.75) is 38.9 Å². The Kier molecular flexibility index (Phi) is 6.38. The van der Waals surface area contributed by atoms with Gasteiger partial charge in [0.2, 0.25) is 0 Å². The summed E-state index contributed by atoms with van der Waals surface area (Å²) in [5.41, 5.74) is 5.18. The number of aromatic nitrogens is 3. The molecule has 5 aromatic rings. The van der Waals surface area contributed by atoms with E-state index >= 15 is 0 Å². The highest BCUT2D eigenvalue weighted by molar-refractivity contribution is 6.62. The minimum Gasteiger partial charge on any atom is -0.399 e. The van der Waals surface area contributed by atoms with Crippen molar-refractivity contribution in [1.29, 1.82) is 0 Å². The van der Waals surface area contributed by atoms with Gasteiger partial charge in [-0.25, -0.2) is 15.0 Å². The van der Waals surface area contributed by atoms with Gasteiger partial charge in [-0.15, -0.1) is 0 Å². The first-order valence-corrected chi connectivity index (χ1v) is 13.2. The van der Waals surface area contributed by atoms with Gasteiger partial charge < -0.3 is 9.31 Å². The van der Waals surface area contributed by atoms with E-state index in [1.807, 2.05) is 72.8 Å². The molecule has 1 fully saturated rings. The third kappa shape index (κ3) is 4.89. The van der Waals surface area contributed by atoms with E-state index in [4.69, 9.17) is 24.3 Å². The van der Waals surface area contributed by atoms with Crippen molar-refractivity contribution >= 4 is 12.6 Å². The van der Waals surface area contributed by atoms with Crippen molar-refractivity contribution in [2.75, 3.05) is 0 Å². The number of hydrogen-bond acceptors (Lipinski definition) is 5. The van der Waals surface area contributed by atoms with Crippen LogP contribution in [0, 0.1) is 0 Å². The first-order chi connectivity index (χ1) is 18.8. The molecule has 6 rings (SSSR count). The van der Waals surface area contributed by atoms with Crippen molar-refractivity contribution < 1.29 is 9.31 Å². The van der Waals surface area contributed by atoms with Crippen LogP contribution >= 0.6 is 0 Å². The van der Waals surface area contributed by atoms with Crippen LogP contribution in [0.2, 0.25) is 0 Å². The topological polar surface area (TPSA) is 57.1 Å². The molecule has 4 aromatic carbocycles. The van der Waals surface area contributed by atoms with Gasteiger partial charge in [0, 0.05) is 16.7 Å². The summed E-state index contributed by atoms with van der Waals surface area (Å²) in [4.78, 5) is 14.7. The second-order valence-corrected chi connectivity index (χ2v) is 10.8. The first kappa shape index (κ1) is 25.2. The van der Waals surface area contributed by atoms with E-state index in [-0.39, 0.29) is 11.2 Å². The van der Waals surface area contributed by atoms with Crippen molar-refractivity contribution in [1.82, 2.24) is 15.0 Å². The molecule has 6 heteroatoms. The highest BCUT2D eigenvalue weighted by atomic mass is 16.7. The Morgan fingerprint density at radius 2 is 0.897 bits per heavy atom. The van der Waals surface area contributed by atoms with Gasteiger partial charge in [-0.3, -0.25) is 0 Å². The second-order valence-electron chi connectivity index (χ2n) is 10.8. The first-order valence-electron chi connectivity index (χ1n) is 13.2. The van der Waals surface area contributed by atoms with E-state index in [2.05, 4.69) is 64.1 Å². The molecule has 1 saturated heterocycles. The number of nitrogens with zero attached hydrogens (tertiary/aromatic N) is 3. The zero-order valence-electron chi connectivity index (χ0n) is 22.6. The van der Waals surface area contributed by atoms with Gasteiger partial charge in [0.05, 0.1) is 11.2 Å². The number of benzene rings is 4. The minimum atomic E-state index is -0.398. The van der Waals surface area contributed by atoms with Crippen molar-refractivity contribution in [3.05, 3.63) is 109 Å². The average Bonchev–Trinajstić information content (AvgIpc) is 3.20. The summed E-state index contributed by atoms with van der Waals surface area (Å²) in [5.74, 6) is 1.92. The lowest BCUT2D eigenvalue weighted by Crippen LogP contribution is -2.41. The Bertz CT molecular complexity index is 1530. The molecule has 39 heavy (non-hydrogen) atoms. The Morgan fingerprint density at radius 1 is 0.462 bits per heavy atom. The molecule has 0 radical (unpaired) electrons. The fraction of sp³-hybridized carbons (Fsp3) is 0.182. The highest BCUT2D eigenvalue weighted by Crippen LogP contribution is 2.37. The van der Waals surface area contributed by atoms with Gasteiger partial charge in [0.25, 0.3) is 0 Å². The summed E-state index contributed by atoms with van der Waals surface area (Å²) >= 11 is 0. The molecule has 1 aliphatic rings. The lowest BCUT2D eigenvalue weighted by atomic mass is 9.78. The SMILES string of the molecule is CC1(C)OB(c2ccc(-c3ccccc3-c3nc(-c4ccccc4)nc(-c4ccccc4)n3)cc2)OC1(C)C. The Morgan fingerprint density at radius 3 is 1.41 bits per heavy atom. The summed E-state index contributed by atoms with van der Waals surface area (Å²) in [6.07, 6.45) is 0. The van der Waals surface area contributed by atoms with Crippen LogP contribution in [-0.4, -0.2) is 33.3 Å². The van der Waals surface area contributed by atoms with E-state index in [0.29, 0.717) is 17.5 Å². The largest absolute Gasteiger partial charge is 0.494 e. The minimum absolute atomic E-state index is 0.380. The van der Waals surface area contributed by atoms with Crippen LogP contribution in [-0.2, 0) is 9.31 Å². The van der Waals surface area contributed by atoms with Crippen molar-refractivity contribution in [3.63, 3.8) is 0 Å². The smallest absolute Gasteiger partial charge is 0.399 e. The molecular weight excluding hydrogens is 481 g/mol. The van der Waals surface area contributed by atoms with Crippen LogP contribution in [0.1, 0.15) is 27.7 Å². The van der Waals surface area contributed by atoms with Crippen LogP contribution in [0.5, 0.6) is 0 Å². The summed E-state index contributed by atoms with van der Waals surface area (Å²) in [6, 6.07) is 36.7. The number of hydrogen-bond donors (Lipinski definition) is 0. The lowest BCUT2D eigenvalue weighted by Gasteiger charge is -2.32. The average molecular weight is 511 g/mol. The number of rotatable bonds is 5. The molecule has 0 N–H and O–H groups in total. The van der Waals surface area contributed by atoms with E-state index in [0.717, 1.165) is 33.3 Å². The summed E-state index contributed by atoms with van der Waals surface area (Å²) in [7, 11) is -0.398. The lowest BCUT2D eigenvalue weighted by molar-refractivity contribution is 0.00578. The Hall–Kier alpha value is -4.13. The highest BCUT2D eigenvalue weighted by Gasteiger charge is 2.51. The molecule has 5 nitrogen and oxygen atoms in total. The second kappa shape index (κ2) is 9.88. The van der Waals surface area contributed by atoms with Gasteiger partial charge >= 0.3 is 7.12 Å². The third-order valence-electron chi connectivity index (χ3n) is 7.61. The maximum atomic E-state index is 6.25. The van der Waals surface area contributed by atoms with Gasteiger partial charge in [0.15, 0.2) is 17.5 Å². The van der Waals surface area contributed by atoms with Gasteiger partial charge in [-0.1, -0.05) is 109 Å². The summed E-state index contributed by atoms with van der Waals surface area (Å²) < 4.78 is 12.5. The molecule has 0 aliphatic carbocycles. The van der Waals surface area contributed by atoms with Crippen LogP contribution in [0.3, 0.4) is 0 Å².